The number of hydrogen-bond acceptors (Lipinski definition) is 2. The van der Waals surface area contributed by atoms with E-state index in [2.05, 4.69) is 31.5 Å². The first-order chi connectivity index (χ1) is 13.0. The van der Waals surface area contributed by atoms with E-state index in [1.807, 2.05) is 50.4 Å². The average Bonchev–Trinajstić information content (AvgIpc) is 3.29. The highest BCUT2D eigenvalue weighted by Gasteiger charge is 2.30. The van der Waals surface area contributed by atoms with Gasteiger partial charge in [-0.15, -0.1) is 6.58 Å². The summed E-state index contributed by atoms with van der Waals surface area (Å²) in [5.41, 5.74) is 4.02. The molecular weight excluding hydrogens is 342 g/mol. The molecule has 1 aromatic carbocycles. The summed E-state index contributed by atoms with van der Waals surface area (Å²) >= 11 is 0. The molecule has 0 aliphatic carbocycles. The molecule has 0 radical (unpaired) electrons. The van der Waals surface area contributed by atoms with Gasteiger partial charge in [-0.05, 0) is 25.5 Å². The van der Waals surface area contributed by atoms with Gasteiger partial charge in [0.2, 0.25) is 0 Å². The number of aromatic amines is 4. The normalized spacial score (nSPS) is 11.5. The lowest BCUT2D eigenvalue weighted by molar-refractivity contribution is 0.846. The van der Waals surface area contributed by atoms with Gasteiger partial charge in [-0.25, -0.2) is 0 Å². The molecule has 3 aromatic heterocycles. The van der Waals surface area contributed by atoms with E-state index in [0.717, 1.165) is 16.5 Å². The van der Waals surface area contributed by atoms with Crippen LogP contribution in [0.25, 0.3) is 10.9 Å². The minimum absolute atomic E-state index is 0.224. The maximum Gasteiger partial charge on any atom is 0.268 e. The first kappa shape index (κ1) is 17.0. The Morgan fingerprint density at radius 3 is 2.11 bits per heavy atom. The van der Waals surface area contributed by atoms with Crippen molar-refractivity contribution in [1.29, 1.82) is 0 Å². The molecule has 27 heavy (non-hydrogen) atoms. The third kappa shape index (κ3) is 2.59. The van der Waals surface area contributed by atoms with Crippen LogP contribution in [0, 0.1) is 13.8 Å². The maximum absolute atomic E-state index is 12.6. The number of aromatic nitrogens is 5. The summed E-state index contributed by atoms with van der Waals surface area (Å²) in [6, 6.07) is 7.98. The molecule has 0 saturated heterocycles. The topological polar surface area (TPSA) is 102 Å². The Hall–Kier alpha value is -3.48. The number of H-pyrrole nitrogens is 4. The number of allylic oxidation sites excluding steroid dienone is 1. The zero-order valence-corrected chi connectivity index (χ0v) is 15.2. The van der Waals surface area contributed by atoms with Crippen LogP contribution in [0.2, 0.25) is 0 Å². The standard InChI is InChI=1S/C20H21N5O2/c1-4-9-25-10-14(13-7-5-6-8-15(13)25)18(16-11(2)21-23-19(16)26)17-12(3)22-24-20(17)27/h4-8,10,18H,1,9H2,2-3H3,(H2,21,23,26)(H2,22,24,27). The van der Waals surface area contributed by atoms with E-state index in [9.17, 15) is 9.59 Å². The Morgan fingerprint density at radius 2 is 1.59 bits per heavy atom. The van der Waals surface area contributed by atoms with Gasteiger partial charge >= 0.3 is 0 Å². The molecule has 0 aliphatic rings. The fourth-order valence-corrected chi connectivity index (χ4v) is 3.86. The van der Waals surface area contributed by atoms with Crippen molar-refractivity contribution in [1.82, 2.24) is 25.0 Å². The van der Waals surface area contributed by atoms with E-state index in [-0.39, 0.29) is 11.1 Å². The third-order valence-corrected chi connectivity index (χ3v) is 5.06. The number of nitrogens with zero attached hydrogens (tertiary/aromatic N) is 1. The molecule has 0 atom stereocenters. The van der Waals surface area contributed by atoms with E-state index in [1.165, 1.54) is 0 Å². The number of benzene rings is 1. The van der Waals surface area contributed by atoms with E-state index >= 15 is 0 Å². The molecule has 0 saturated carbocycles. The smallest absolute Gasteiger partial charge is 0.268 e. The lowest BCUT2D eigenvalue weighted by atomic mass is 9.85. The molecule has 4 rings (SSSR count). The average molecular weight is 363 g/mol. The van der Waals surface area contributed by atoms with Gasteiger partial charge in [0.05, 0.1) is 17.0 Å². The Morgan fingerprint density at radius 1 is 1.00 bits per heavy atom. The molecule has 0 aliphatic heterocycles. The van der Waals surface area contributed by atoms with Crippen molar-refractivity contribution in [2.24, 2.45) is 0 Å². The SMILES string of the molecule is C=CCn1cc(C(c2c(C)[nH][nH]c2=O)c2c(C)[nH][nH]c2=O)c2ccccc21. The van der Waals surface area contributed by atoms with Crippen molar-refractivity contribution < 1.29 is 0 Å². The maximum atomic E-state index is 12.6. The highest BCUT2D eigenvalue weighted by atomic mass is 16.1. The van der Waals surface area contributed by atoms with E-state index < -0.39 is 5.92 Å². The molecule has 4 aromatic rings. The lowest BCUT2D eigenvalue weighted by Crippen LogP contribution is -2.20. The molecule has 0 fully saturated rings. The molecule has 138 valence electrons. The molecule has 4 N–H and O–H groups in total. The van der Waals surface area contributed by atoms with E-state index in [1.54, 1.807) is 0 Å². The van der Waals surface area contributed by atoms with Crippen LogP contribution in [-0.4, -0.2) is 25.0 Å². The van der Waals surface area contributed by atoms with Gasteiger partial charge in [-0.3, -0.25) is 19.8 Å². The van der Waals surface area contributed by atoms with Crippen molar-refractivity contribution >= 4 is 10.9 Å². The second-order valence-electron chi connectivity index (χ2n) is 6.71. The van der Waals surface area contributed by atoms with Crippen LogP contribution in [0.1, 0.15) is 34.0 Å². The summed E-state index contributed by atoms with van der Waals surface area (Å²) in [5.74, 6) is -0.494. The lowest BCUT2D eigenvalue weighted by Gasteiger charge is -2.15. The number of aryl methyl sites for hydroxylation is 2. The van der Waals surface area contributed by atoms with Crippen molar-refractivity contribution in [2.45, 2.75) is 26.3 Å². The van der Waals surface area contributed by atoms with Gasteiger partial charge in [-0.2, -0.15) is 0 Å². The predicted molar refractivity (Wildman–Crippen MR) is 105 cm³/mol. The molecule has 7 nitrogen and oxygen atoms in total. The fourth-order valence-electron chi connectivity index (χ4n) is 3.86. The van der Waals surface area contributed by atoms with E-state index in [4.69, 9.17) is 0 Å². The molecule has 7 heteroatoms. The first-order valence-electron chi connectivity index (χ1n) is 8.75. The van der Waals surface area contributed by atoms with Crippen LogP contribution in [0.4, 0.5) is 0 Å². The van der Waals surface area contributed by atoms with Crippen molar-refractivity contribution in [3.63, 3.8) is 0 Å². The van der Waals surface area contributed by atoms with Gasteiger partial charge in [0, 0.05) is 35.0 Å². The number of hydrogen-bond donors (Lipinski definition) is 4. The van der Waals surface area contributed by atoms with Crippen LogP contribution in [-0.2, 0) is 6.54 Å². The minimum atomic E-state index is -0.494. The van der Waals surface area contributed by atoms with Gasteiger partial charge in [-0.1, -0.05) is 24.3 Å². The fraction of sp³-hybridized carbons (Fsp3) is 0.200. The summed E-state index contributed by atoms with van der Waals surface area (Å²) in [6.07, 6.45) is 3.84. The zero-order chi connectivity index (χ0) is 19.1. The number of rotatable bonds is 5. The first-order valence-corrected chi connectivity index (χ1v) is 8.75. The summed E-state index contributed by atoms with van der Waals surface area (Å²) in [6.45, 7) is 8.13. The third-order valence-electron chi connectivity index (χ3n) is 5.06. The number of fused-ring (bicyclic) bond motifs is 1. The van der Waals surface area contributed by atoms with Crippen molar-refractivity contribution in [3.8, 4) is 0 Å². The Labute approximate surface area is 154 Å². The molecular formula is C20H21N5O2. The predicted octanol–water partition coefficient (Wildman–Crippen LogP) is 2.66. The van der Waals surface area contributed by atoms with Gasteiger partial charge < -0.3 is 14.8 Å². The van der Waals surface area contributed by atoms with Crippen LogP contribution < -0.4 is 11.1 Å². The number of nitrogens with one attached hydrogen (secondary N) is 4. The van der Waals surface area contributed by atoms with Crippen molar-refractivity contribution in [3.05, 3.63) is 91.9 Å². The highest BCUT2D eigenvalue weighted by Crippen LogP contribution is 2.36. The molecule has 0 unspecified atom stereocenters. The number of para-hydroxylation sites is 1. The summed E-state index contributed by atoms with van der Waals surface area (Å²) < 4.78 is 2.08. The quantitative estimate of drug-likeness (QED) is 0.410. The largest absolute Gasteiger partial charge is 0.343 e. The monoisotopic (exact) mass is 363 g/mol. The van der Waals surface area contributed by atoms with Crippen LogP contribution in [0.5, 0.6) is 0 Å². The van der Waals surface area contributed by atoms with Crippen LogP contribution in [0.15, 0.2) is 52.7 Å². The highest BCUT2D eigenvalue weighted by molar-refractivity contribution is 5.85. The van der Waals surface area contributed by atoms with Gasteiger partial charge in [0.25, 0.3) is 11.1 Å². The molecule has 0 amide bonds. The van der Waals surface area contributed by atoms with Gasteiger partial charge in [0.1, 0.15) is 0 Å². The molecule has 0 spiro atoms. The van der Waals surface area contributed by atoms with Crippen molar-refractivity contribution in [2.75, 3.05) is 0 Å². The minimum Gasteiger partial charge on any atom is -0.343 e. The Bertz CT molecular complexity index is 1190. The molecule has 3 heterocycles. The Balaban J connectivity index is 2.10. The second-order valence-corrected chi connectivity index (χ2v) is 6.71. The van der Waals surface area contributed by atoms with E-state index in [0.29, 0.717) is 29.1 Å². The van der Waals surface area contributed by atoms with Gasteiger partial charge in [0.15, 0.2) is 0 Å². The van der Waals surface area contributed by atoms with Crippen LogP contribution in [0.3, 0.4) is 0 Å². The van der Waals surface area contributed by atoms with Crippen LogP contribution >= 0.6 is 0 Å². The molecule has 0 bridgehead atoms. The zero-order valence-electron chi connectivity index (χ0n) is 15.2. The summed E-state index contributed by atoms with van der Waals surface area (Å²) in [7, 11) is 0. The Kier molecular flexibility index (Phi) is 3.99. The second kappa shape index (κ2) is 6.35. The summed E-state index contributed by atoms with van der Waals surface area (Å²) in [5, 5.41) is 12.1. The summed E-state index contributed by atoms with van der Waals surface area (Å²) in [4.78, 5) is 25.2.